The Kier molecular flexibility index (Phi) is 14.3. The van der Waals surface area contributed by atoms with Crippen molar-refractivity contribution in [2.45, 2.75) is 117 Å². The van der Waals surface area contributed by atoms with E-state index in [1.807, 2.05) is 41.5 Å². The average molecular weight is 799 g/mol. The van der Waals surface area contributed by atoms with Gasteiger partial charge >= 0.3 is 11.9 Å². The lowest BCUT2D eigenvalue weighted by atomic mass is 9.60. The van der Waals surface area contributed by atoms with Crippen LogP contribution in [0.25, 0.3) is 0 Å². The standard InChI is InChI=1S/2C20H24Cl2O4/c2*1-6-20(24)12(2)9-15(11-19(20,4)5)26-18(23)13(3)25-17-8-7-14(21)10-16(17)22/h2*1,7-8,10,12-13,15,24H,9,11H2,2-5H3/t12-,13+,15-,20+;12-,13-,15-,20+/m01/s1. The summed E-state index contributed by atoms with van der Waals surface area (Å²) < 4.78 is 22.4. The molecular weight excluding hydrogens is 750 g/mol. The van der Waals surface area contributed by atoms with Crippen molar-refractivity contribution in [1.29, 1.82) is 0 Å². The van der Waals surface area contributed by atoms with Gasteiger partial charge in [-0.05, 0) is 75.9 Å². The van der Waals surface area contributed by atoms with Crippen LogP contribution in [0.1, 0.15) is 81.1 Å². The minimum Gasteiger partial charge on any atom is -0.477 e. The molecule has 2 aliphatic carbocycles. The first-order chi connectivity index (χ1) is 24.0. The van der Waals surface area contributed by atoms with Crippen LogP contribution in [-0.4, -0.2) is 57.8 Å². The zero-order valence-electron chi connectivity index (χ0n) is 30.8. The Morgan fingerprint density at radius 1 is 0.712 bits per heavy atom. The van der Waals surface area contributed by atoms with Crippen molar-refractivity contribution in [3.63, 3.8) is 0 Å². The fraction of sp³-hybridized carbons (Fsp3) is 0.550. The van der Waals surface area contributed by atoms with Crippen LogP contribution in [0, 0.1) is 47.4 Å². The van der Waals surface area contributed by atoms with Gasteiger partial charge in [0.15, 0.2) is 12.2 Å². The highest BCUT2D eigenvalue weighted by molar-refractivity contribution is 6.36. The van der Waals surface area contributed by atoms with Gasteiger partial charge in [-0.1, -0.05) is 99.8 Å². The van der Waals surface area contributed by atoms with E-state index in [2.05, 4.69) is 11.8 Å². The third-order valence-electron chi connectivity index (χ3n) is 10.3. The number of benzene rings is 2. The summed E-state index contributed by atoms with van der Waals surface area (Å²) >= 11 is 23.8. The molecule has 284 valence electrons. The highest BCUT2D eigenvalue weighted by Crippen LogP contribution is 2.49. The molecule has 12 heteroatoms. The number of ether oxygens (including phenoxy) is 4. The molecule has 8 nitrogen and oxygen atoms in total. The Morgan fingerprint density at radius 2 is 1.04 bits per heavy atom. The molecule has 2 aromatic rings. The maximum absolute atomic E-state index is 12.4. The van der Waals surface area contributed by atoms with E-state index in [0.717, 1.165) is 0 Å². The molecule has 0 amide bonds. The molecule has 2 aliphatic rings. The van der Waals surface area contributed by atoms with E-state index >= 15 is 0 Å². The minimum absolute atomic E-state index is 0.198. The fourth-order valence-electron chi connectivity index (χ4n) is 7.07. The normalized spacial score (nSPS) is 28.7. The van der Waals surface area contributed by atoms with Crippen molar-refractivity contribution >= 4 is 58.3 Å². The van der Waals surface area contributed by atoms with Crippen LogP contribution in [0.5, 0.6) is 11.5 Å². The zero-order chi connectivity index (χ0) is 39.4. The van der Waals surface area contributed by atoms with E-state index in [-0.39, 0.29) is 24.0 Å². The number of terminal acetylenes is 2. The van der Waals surface area contributed by atoms with E-state index in [1.165, 1.54) is 0 Å². The van der Waals surface area contributed by atoms with Crippen LogP contribution < -0.4 is 9.47 Å². The van der Waals surface area contributed by atoms with Gasteiger partial charge in [0, 0.05) is 32.7 Å². The van der Waals surface area contributed by atoms with Gasteiger partial charge in [0.1, 0.15) is 34.9 Å². The molecule has 2 fully saturated rings. The van der Waals surface area contributed by atoms with Crippen molar-refractivity contribution in [2.75, 3.05) is 0 Å². The molecule has 0 spiro atoms. The number of halogens is 4. The summed E-state index contributed by atoms with van der Waals surface area (Å²) in [6.07, 6.45) is 10.7. The fourth-order valence-corrected chi connectivity index (χ4v) is 7.98. The van der Waals surface area contributed by atoms with Crippen LogP contribution in [0.15, 0.2) is 36.4 Å². The maximum Gasteiger partial charge on any atom is 0.347 e. The second-order valence-corrected chi connectivity index (χ2v) is 16.7. The highest BCUT2D eigenvalue weighted by Gasteiger charge is 2.53. The van der Waals surface area contributed by atoms with E-state index in [4.69, 9.17) is 78.2 Å². The summed E-state index contributed by atoms with van der Waals surface area (Å²) in [5.74, 6) is 4.39. The molecule has 0 aromatic heterocycles. The smallest absolute Gasteiger partial charge is 0.347 e. The molecule has 0 saturated heterocycles. The maximum atomic E-state index is 12.4. The van der Waals surface area contributed by atoms with Gasteiger partial charge < -0.3 is 29.2 Å². The van der Waals surface area contributed by atoms with Gasteiger partial charge in [-0.3, -0.25) is 0 Å². The minimum atomic E-state index is -1.23. The Labute approximate surface area is 327 Å². The molecule has 8 atom stereocenters. The van der Waals surface area contributed by atoms with E-state index in [1.54, 1.807) is 50.2 Å². The van der Waals surface area contributed by atoms with E-state index in [9.17, 15) is 19.8 Å². The van der Waals surface area contributed by atoms with Crippen LogP contribution >= 0.6 is 46.4 Å². The Hall–Kier alpha value is -2.82. The molecule has 52 heavy (non-hydrogen) atoms. The van der Waals surface area contributed by atoms with E-state index < -0.39 is 46.2 Å². The summed E-state index contributed by atoms with van der Waals surface area (Å²) in [5, 5.41) is 23.1. The molecule has 2 aromatic carbocycles. The quantitative estimate of drug-likeness (QED) is 0.201. The number of aliphatic hydroxyl groups is 2. The Balaban J connectivity index is 0.000000280. The van der Waals surface area contributed by atoms with Crippen LogP contribution in [-0.2, 0) is 19.1 Å². The first-order valence-electron chi connectivity index (χ1n) is 17.0. The average Bonchev–Trinajstić information content (AvgIpc) is 3.04. The van der Waals surface area contributed by atoms with Gasteiger partial charge in [0.2, 0.25) is 0 Å². The number of hydrogen-bond acceptors (Lipinski definition) is 8. The summed E-state index contributed by atoms with van der Waals surface area (Å²) in [6.45, 7) is 14.5. The van der Waals surface area contributed by atoms with Crippen molar-refractivity contribution in [3.8, 4) is 36.2 Å². The number of carbonyl (C=O) groups excluding carboxylic acids is 2. The first kappa shape index (κ1) is 43.6. The molecule has 2 N–H and O–H groups in total. The lowest BCUT2D eigenvalue weighted by molar-refractivity contribution is -0.173. The second kappa shape index (κ2) is 17.1. The third kappa shape index (κ3) is 9.83. The lowest BCUT2D eigenvalue weighted by Crippen LogP contribution is -2.55. The molecule has 0 heterocycles. The molecule has 0 unspecified atom stereocenters. The van der Waals surface area contributed by atoms with Crippen molar-refractivity contribution in [1.82, 2.24) is 0 Å². The van der Waals surface area contributed by atoms with Gasteiger partial charge in [-0.25, -0.2) is 9.59 Å². The molecule has 0 aliphatic heterocycles. The summed E-state index contributed by atoms with van der Waals surface area (Å²) in [5.41, 5.74) is -3.61. The van der Waals surface area contributed by atoms with Gasteiger partial charge in [0.25, 0.3) is 0 Å². The second-order valence-electron chi connectivity index (χ2n) is 15.1. The predicted octanol–water partition coefficient (Wildman–Crippen LogP) is 8.99. The number of hydrogen-bond donors (Lipinski definition) is 2. The van der Waals surface area contributed by atoms with E-state index in [0.29, 0.717) is 57.3 Å². The number of carbonyl (C=O) groups is 2. The molecule has 0 radical (unpaired) electrons. The Bertz CT molecular complexity index is 1570. The number of esters is 2. The first-order valence-corrected chi connectivity index (χ1v) is 18.6. The van der Waals surface area contributed by atoms with Crippen molar-refractivity contribution < 1.29 is 38.7 Å². The van der Waals surface area contributed by atoms with Gasteiger partial charge in [-0.15, -0.1) is 12.8 Å². The monoisotopic (exact) mass is 796 g/mol. The molecule has 2 saturated carbocycles. The van der Waals surface area contributed by atoms with Crippen LogP contribution in [0.4, 0.5) is 0 Å². The summed E-state index contributed by atoms with van der Waals surface area (Å²) in [7, 11) is 0. The van der Waals surface area contributed by atoms with Crippen LogP contribution in [0.2, 0.25) is 20.1 Å². The van der Waals surface area contributed by atoms with Gasteiger partial charge in [0.05, 0.1) is 10.0 Å². The summed E-state index contributed by atoms with van der Waals surface area (Å²) in [4.78, 5) is 24.8. The third-order valence-corrected chi connectivity index (χ3v) is 11.3. The predicted molar refractivity (Wildman–Crippen MR) is 205 cm³/mol. The highest BCUT2D eigenvalue weighted by atomic mass is 35.5. The summed E-state index contributed by atoms with van der Waals surface area (Å²) in [6, 6.07) is 9.56. The molecular formula is C40H48Cl4O8. The SMILES string of the molecule is C#C[C@@]1(O)[C@@H](C)C[C@H](OC(=O)[C@@H](C)Oc2ccc(Cl)cc2Cl)CC1(C)C.C#C[C@]1(O)[C@H](C)C[C@@H](OC(=O)[C@@H](C)Oc2ccc(Cl)cc2Cl)CC1(C)C. The largest absolute Gasteiger partial charge is 0.477 e. The van der Waals surface area contributed by atoms with Crippen LogP contribution in [0.3, 0.4) is 0 Å². The number of rotatable bonds is 8. The van der Waals surface area contributed by atoms with Crippen molar-refractivity contribution in [2.24, 2.45) is 22.7 Å². The molecule has 0 bridgehead atoms. The van der Waals surface area contributed by atoms with Gasteiger partial charge in [-0.2, -0.15) is 0 Å². The zero-order valence-corrected chi connectivity index (χ0v) is 33.8. The molecule has 4 rings (SSSR count). The van der Waals surface area contributed by atoms with Crippen molar-refractivity contribution in [3.05, 3.63) is 56.5 Å². The lowest BCUT2D eigenvalue weighted by Gasteiger charge is -2.49. The Morgan fingerprint density at radius 3 is 1.31 bits per heavy atom. The topological polar surface area (TPSA) is 112 Å².